The predicted molar refractivity (Wildman–Crippen MR) is 111 cm³/mol. The summed E-state index contributed by atoms with van der Waals surface area (Å²) in [5.74, 6) is -1.08. The van der Waals surface area contributed by atoms with Gasteiger partial charge in [-0.2, -0.15) is 0 Å². The fourth-order valence-corrected chi connectivity index (χ4v) is 5.50. The second-order valence-corrected chi connectivity index (χ2v) is 9.54. The molecule has 0 aromatic heterocycles. The number of hydrogen-bond acceptors (Lipinski definition) is 5. The Kier molecular flexibility index (Phi) is 5.58. The molecule has 1 atom stereocenters. The lowest BCUT2D eigenvalue weighted by molar-refractivity contribution is -0.159. The van der Waals surface area contributed by atoms with Gasteiger partial charge in [0.2, 0.25) is 0 Å². The van der Waals surface area contributed by atoms with Crippen LogP contribution in [0.5, 0.6) is 0 Å². The van der Waals surface area contributed by atoms with E-state index in [-0.39, 0.29) is 22.9 Å². The van der Waals surface area contributed by atoms with Gasteiger partial charge in [0.05, 0.1) is 10.6 Å². The number of benzene rings is 2. The number of anilines is 1. The minimum absolute atomic E-state index is 0.0466. The van der Waals surface area contributed by atoms with Crippen molar-refractivity contribution < 1.29 is 22.7 Å². The van der Waals surface area contributed by atoms with E-state index in [4.69, 9.17) is 4.74 Å². The van der Waals surface area contributed by atoms with Crippen LogP contribution in [0.15, 0.2) is 41.3 Å². The molecule has 0 radical (unpaired) electrons. The van der Waals surface area contributed by atoms with Gasteiger partial charge in [-0.05, 0) is 52.1 Å². The summed E-state index contributed by atoms with van der Waals surface area (Å²) in [5, 5.41) is 1.38. The first-order chi connectivity index (χ1) is 13.6. The molecule has 7 nitrogen and oxygen atoms in total. The van der Waals surface area contributed by atoms with Gasteiger partial charge < -0.3 is 9.64 Å². The van der Waals surface area contributed by atoms with E-state index >= 15 is 0 Å². The molecule has 0 spiro atoms. The second kappa shape index (κ2) is 7.67. The van der Waals surface area contributed by atoms with Gasteiger partial charge in [0.25, 0.3) is 15.9 Å². The summed E-state index contributed by atoms with van der Waals surface area (Å²) in [6, 6.07) is 10.2. The Bertz CT molecular complexity index is 1050. The van der Waals surface area contributed by atoms with E-state index in [1.807, 2.05) is 39.8 Å². The third-order valence-corrected chi connectivity index (χ3v) is 6.78. The molecule has 2 aromatic carbocycles. The van der Waals surface area contributed by atoms with Crippen LogP contribution in [0.1, 0.15) is 34.6 Å². The van der Waals surface area contributed by atoms with Crippen LogP contribution in [0.2, 0.25) is 0 Å². The fourth-order valence-electron chi connectivity index (χ4n) is 3.85. The first-order valence-corrected chi connectivity index (χ1v) is 11.1. The first-order valence-electron chi connectivity index (χ1n) is 9.61. The number of nitrogens with zero attached hydrogens (tertiary/aromatic N) is 2. The molecule has 29 heavy (non-hydrogen) atoms. The monoisotopic (exact) mass is 418 g/mol. The average molecular weight is 419 g/mol. The Labute approximate surface area is 171 Å². The third-order valence-electron chi connectivity index (χ3n) is 4.98. The van der Waals surface area contributed by atoms with E-state index < -0.39 is 28.6 Å². The minimum atomic E-state index is -3.86. The molecule has 1 aliphatic heterocycles. The van der Waals surface area contributed by atoms with E-state index in [1.165, 1.54) is 13.0 Å². The largest absolute Gasteiger partial charge is 0.451 e. The van der Waals surface area contributed by atoms with Crippen molar-refractivity contribution in [3.63, 3.8) is 0 Å². The average Bonchev–Trinajstić information content (AvgIpc) is 2.84. The molecule has 0 bridgehead atoms. The molecule has 0 N–H and O–H groups in total. The number of carbonyl (C=O) groups excluding carboxylic acids is 2. The first kappa shape index (κ1) is 21.1. The summed E-state index contributed by atoms with van der Waals surface area (Å²) in [5.41, 5.74) is 0.444. The van der Waals surface area contributed by atoms with Crippen molar-refractivity contribution in [3.8, 4) is 0 Å². The Balaban J connectivity index is 1.80. The maximum atomic E-state index is 12.9. The maximum Gasteiger partial charge on any atom is 0.327 e. The normalized spacial score (nSPS) is 15.8. The number of esters is 1. The summed E-state index contributed by atoms with van der Waals surface area (Å²) in [6.45, 7) is 8.58. The van der Waals surface area contributed by atoms with E-state index in [0.717, 1.165) is 9.69 Å². The molecule has 0 fully saturated rings. The molecule has 156 valence electrons. The Morgan fingerprint density at radius 2 is 1.59 bits per heavy atom. The fraction of sp³-hybridized carbons (Fsp3) is 0.429. The highest BCUT2D eigenvalue weighted by Crippen LogP contribution is 2.41. The summed E-state index contributed by atoms with van der Waals surface area (Å²) in [4.78, 5) is 27.0. The molecule has 1 amide bonds. The van der Waals surface area contributed by atoms with Crippen molar-refractivity contribution in [2.24, 2.45) is 0 Å². The van der Waals surface area contributed by atoms with Gasteiger partial charge in [-0.1, -0.05) is 24.3 Å². The van der Waals surface area contributed by atoms with Crippen LogP contribution in [-0.4, -0.2) is 49.9 Å². The lowest BCUT2D eigenvalue weighted by Gasteiger charge is -2.32. The van der Waals surface area contributed by atoms with Crippen LogP contribution < -0.4 is 4.31 Å². The second-order valence-electron chi connectivity index (χ2n) is 7.71. The van der Waals surface area contributed by atoms with Gasteiger partial charge in [0, 0.05) is 17.5 Å². The standard InChI is InChI=1S/C21H26N2O5S/c1-13(2)23(14(3)4)21(25)15(5)28-19(24)12-22-17-10-6-8-16-9-7-11-18(20(16)17)29(22,26)27/h6-11,13-15H,12H2,1-5H3/t15-/m1/s1. The zero-order valence-electron chi connectivity index (χ0n) is 17.2. The van der Waals surface area contributed by atoms with E-state index in [2.05, 4.69) is 0 Å². The van der Waals surface area contributed by atoms with Crippen molar-refractivity contribution in [3.05, 3.63) is 36.4 Å². The summed E-state index contributed by atoms with van der Waals surface area (Å²) >= 11 is 0. The molecule has 0 aliphatic carbocycles. The van der Waals surface area contributed by atoms with E-state index in [1.54, 1.807) is 23.1 Å². The number of rotatable bonds is 6. The zero-order chi connectivity index (χ0) is 21.5. The molecular weight excluding hydrogens is 392 g/mol. The van der Waals surface area contributed by atoms with Gasteiger partial charge >= 0.3 is 5.97 Å². The topological polar surface area (TPSA) is 84.0 Å². The third kappa shape index (κ3) is 3.69. The highest BCUT2D eigenvalue weighted by molar-refractivity contribution is 7.93. The van der Waals surface area contributed by atoms with Crippen LogP contribution in [-0.2, 0) is 24.3 Å². The molecule has 8 heteroatoms. The van der Waals surface area contributed by atoms with Crippen molar-refractivity contribution >= 4 is 38.4 Å². The maximum absolute atomic E-state index is 12.9. The number of sulfonamides is 1. The quantitative estimate of drug-likeness (QED) is 0.674. The number of ether oxygens (including phenoxy) is 1. The lowest BCUT2D eigenvalue weighted by atomic mass is 10.1. The molecule has 0 saturated heterocycles. The van der Waals surface area contributed by atoms with Gasteiger partial charge in [-0.15, -0.1) is 0 Å². The number of amides is 1. The molecule has 1 heterocycles. The number of hydrogen-bond donors (Lipinski definition) is 0. The van der Waals surface area contributed by atoms with Crippen LogP contribution in [0, 0.1) is 0 Å². The van der Waals surface area contributed by atoms with Gasteiger partial charge in [-0.3, -0.25) is 13.9 Å². The van der Waals surface area contributed by atoms with Gasteiger partial charge in [0.15, 0.2) is 6.10 Å². The number of carbonyl (C=O) groups is 2. The molecule has 3 rings (SSSR count). The van der Waals surface area contributed by atoms with Crippen molar-refractivity contribution in [1.82, 2.24) is 4.90 Å². The molecule has 1 aliphatic rings. The highest BCUT2D eigenvalue weighted by atomic mass is 32.2. The van der Waals surface area contributed by atoms with Crippen molar-refractivity contribution in [1.29, 1.82) is 0 Å². The van der Waals surface area contributed by atoms with Crippen LogP contribution in [0.3, 0.4) is 0 Å². The molecule has 0 saturated carbocycles. The van der Waals surface area contributed by atoms with Gasteiger partial charge in [0.1, 0.15) is 6.54 Å². The highest BCUT2D eigenvalue weighted by Gasteiger charge is 2.37. The van der Waals surface area contributed by atoms with Crippen molar-refractivity contribution in [2.45, 2.75) is 57.7 Å². The molecular formula is C21H26N2O5S. The van der Waals surface area contributed by atoms with Crippen molar-refractivity contribution in [2.75, 3.05) is 10.8 Å². The molecule has 0 unspecified atom stereocenters. The molecule has 2 aromatic rings. The Morgan fingerprint density at radius 1 is 1.00 bits per heavy atom. The predicted octanol–water partition coefficient (Wildman–Crippen LogP) is 2.93. The van der Waals surface area contributed by atoms with E-state index in [0.29, 0.717) is 11.1 Å². The summed E-state index contributed by atoms with van der Waals surface area (Å²) in [7, 11) is -3.86. The smallest absolute Gasteiger partial charge is 0.327 e. The Morgan fingerprint density at radius 3 is 2.17 bits per heavy atom. The Hall–Kier alpha value is -2.61. The summed E-state index contributed by atoms with van der Waals surface area (Å²) in [6.07, 6.45) is -1.00. The zero-order valence-corrected chi connectivity index (χ0v) is 18.1. The van der Waals surface area contributed by atoms with Gasteiger partial charge in [-0.25, -0.2) is 8.42 Å². The van der Waals surface area contributed by atoms with E-state index in [9.17, 15) is 18.0 Å². The minimum Gasteiger partial charge on any atom is -0.451 e. The van der Waals surface area contributed by atoms with Crippen LogP contribution >= 0.6 is 0 Å². The van der Waals surface area contributed by atoms with Crippen LogP contribution in [0.25, 0.3) is 10.8 Å². The lowest BCUT2D eigenvalue weighted by Crippen LogP contribution is -2.48. The summed E-state index contributed by atoms with van der Waals surface area (Å²) < 4.78 is 32.3. The van der Waals surface area contributed by atoms with Crippen LogP contribution in [0.4, 0.5) is 5.69 Å². The SMILES string of the molecule is CC(C)N(C(=O)[C@@H](C)OC(=O)CN1c2cccc3cccc(c23)S1(=O)=O)C(C)C.